The Morgan fingerprint density at radius 3 is 2.10 bits per heavy atom. The first-order valence-electron chi connectivity index (χ1n) is 10.6. The average molecular weight is 403 g/mol. The number of anilines is 1. The second kappa shape index (κ2) is 9.69. The van der Waals surface area contributed by atoms with Crippen LogP contribution in [0.1, 0.15) is 25.0 Å². The molecule has 7 nitrogen and oxygen atoms in total. The molecule has 2 heterocycles. The molecule has 2 unspecified atom stereocenters. The summed E-state index contributed by atoms with van der Waals surface area (Å²) < 4.78 is 5.34. The maximum atomic E-state index is 12.7. The van der Waals surface area contributed by atoms with Crippen LogP contribution in [0.3, 0.4) is 0 Å². The molecule has 3 rings (SSSR count). The summed E-state index contributed by atoms with van der Waals surface area (Å²) in [7, 11) is 0. The SMILES string of the molecule is Cc1ccc(NC(=O)C(C)N2CCN(C(C)C(=O)N3CCOCC3)CC2)c(C)c1. The summed E-state index contributed by atoms with van der Waals surface area (Å²) in [5, 5.41) is 3.06. The first-order valence-corrected chi connectivity index (χ1v) is 10.6. The topological polar surface area (TPSA) is 65.1 Å². The predicted molar refractivity (Wildman–Crippen MR) is 114 cm³/mol. The Hall–Kier alpha value is -1.96. The van der Waals surface area contributed by atoms with Crippen LogP contribution in [0, 0.1) is 13.8 Å². The van der Waals surface area contributed by atoms with Gasteiger partial charge in [0.2, 0.25) is 11.8 Å². The summed E-state index contributed by atoms with van der Waals surface area (Å²) in [5.74, 6) is 0.199. The van der Waals surface area contributed by atoms with Gasteiger partial charge in [-0.3, -0.25) is 19.4 Å². The van der Waals surface area contributed by atoms with Crippen molar-refractivity contribution in [3.05, 3.63) is 29.3 Å². The summed E-state index contributed by atoms with van der Waals surface area (Å²) in [6.07, 6.45) is 0. The molecular weight excluding hydrogens is 368 g/mol. The van der Waals surface area contributed by atoms with E-state index in [1.807, 2.05) is 44.7 Å². The van der Waals surface area contributed by atoms with Crippen molar-refractivity contribution in [1.29, 1.82) is 0 Å². The quantitative estimate of drug-likeness (QED) is 0.809. The highest BCUT2D eigenvalue weighted by atomic mass is 16.5. The van der Waals surface area contributed by atoms with E-state index in [0.29, 0.717) is 26.3 Å². The van der Waals surface area contributed by atoms with Crippen molar-refractivity contribution in [3.63, 3.8) is 0 Å². The number of carbonyl (C=O) groups excluding carboxylic acids is 2. The number of piperazine rings is 1. The molecule has 0 radical (unpaired) electrons. The number of rotatable bonds is 5. The van der Waals surface area contributed by atoms with E-state index in [4.69, 9.17) is 4.74 Å². The van der Waals surface area contributed by atoms with Crippen LogP contribution in [0.4, 0.5) is 5.69 Å². The third-order valence-corrected chi connectivity index (χ3v) is 6.14. The Balaban J connectivity index is 1.50. The van der Waals surface area contributed by atoms with Crippen molar-refractivity contribution >= 4 is 17.5 Å². The highest BCUT2D eigenvalue weighted by molar-refractivity contribution is 5.95. The van der Waals surface area contributed by atoms with Gasteiger partial charge in [-0.15, -0.1) is 0 Å². The van der Waals surface area contributed by atoms with Crippen molar-refractivity contribution in [2.75, 3.05) is 57.8 Å². The van der Waals surface area contributed by atoms with Crippen LogP contribution in [-0.4, -0.2) is 91.1 Å². The van der Waals surface area contributed by atoms with Crippen LogP contribution in [0.2, 0.25) is 0 Å². The first kappa shape index (κ1) is 21.7. The number of aryl methyl sites for hydroxylation is 2. The van der Waals surface area contributed by atoms with Crippen LogP contribution in [-0.2, 0) is 14.3 Å². The van der Waals surface area contributed by atoms with Gasteiger partial charge >= 0.3 is 0 Å². The molecule has 1 N–H and O–H groups in total. The van der Waals surface area contributed by atoms with Gasteiger partial charge in [0.1, 0.15) is 0 Å². The van der Waals surface area contributed by atoms with Crippen molar-refractivity contribution in [3.8, 4) is 0 Å². The second-order valence-electron chi connectivity index (χ2n) is 8.17. The van der Waals surface area contributed by atoms with E-state index in [9.17, 15) is 9.59 Å². The van der Waals surface area contributed by atoms with Crippen LogP contribution in [0.25, 0.3) is 0 Å². The molecule has 160 valence electrons. The molecule has 2 fully saturated rings. The van der Waals surface area contributed by atoms with E-state index >= 15 is 0 Å². The maximum absolute atomic E-state index is 12.7. The van der Waals surface area contributed by atoms with Crippen LogP contribution in [0.5, 0.6) is 0 Å². The predicted octanol–water partition coefficient (Wildman–Crippen LogP) is 1.50. The Morgan fingerprint density at radius 1 is 0.931 bits per heavy atom. The molecular formula is C22H34N4O3. The standard InChI is InChI=1S/C22H34N4O3/c1-16-5-6-20(17(2)15-16)23-21(27)18(3)24-7-9-25(10-8-24)19(4)22(28)26-11-13-29-14-12-26/h5-6,15,18-19H,7-14H2,1-4H3,(H,23,27). The molecule has 0 aromatic heterocycles. The number of morpholine rings is 1. The Morgan fingerprint density at radius 2 is 1.52 bits per heavy atom. The molecule has 7 heteroatoms. The zero-order valence-corrected chi connectivity index (χ0v) is 18.1. The molecule has 0 bridgehead atoms. The van der Waals surface area contributed by atoms with Gasteiger partial charge in [0.05, 0.1) is 25.3 Å². The molecule has 0 spiro atoms. The van der Waals surface area contributed by atoms with E-state index in [1.165, 1.54) is 5.56 Å². The molecule has 0 saturated carbocycles. The van der Waals surface area contributed by atoms with Gasteiger partial charge in [-0.05, 0) is 39.3 Å². The van der Waals surface area contributed by atoms with Crippen molar-refractivity contribution < 1.29 is 14.3 Å². The molecule has 1 aromatic carbocycles. The fraction of sp³-hybridized carbons (Fsp3) is 0.636. The van der Waals surface area contributed by atoms with E-state index in [1.54, 1.807) is 0 Å². The fourth-order valence-electron chi connectivity index (χ4n) is 4.07. The minimum atomic E-state index is -0.205. The average Bonchev–Trinajstić information content (AvgIpc) is 2.74. The van der Waals surface area contributed by atoms with Crippen molar-refractivity contribution in [2.24, 2.45) is 0 Å². The number of hydrogen-bond acceptors (Lipinski definition) is 5. The third-order valence-electron chi connectivity index (χ3n) is 6.14. The summed E-state index contributed by atoms with van der Waals surface area (Å²) in [6, 6.07) is 5.72. The number of carbonyl (C=O) groups is 2. The number of ether oxygens (including phenoxy) is 1. The molecule has 1 aromatic rings. The highest BCUT2D eigenvalue weighted by Gasteiger charge is 2.32. The zero-order valence-electron chi connectivity index (χ0n) is 18.1. The summed E-state index contributed by atoms with van der Waals surface area (Å²) in [6.45, 7) is 13.8. The lowest BCUT2D eigenvalue weighted by Gasteiger charge is -2.41. The second-order valence-corrected chi connectivity index (χ2v) is 8.17. The molecule has 2 amide bonds. The maximum Gasteiger partial charge on any atom is 0.241 e. The van der Waals surface area contributed by atoms with Gasteiger partial charge in [-0.2, -0.15) is 0 Å². The van der Waals surface area contributed by atoms with E-state index in [-0.39, 0.29) is 23.9 Å². The normalized spacial score (nSPS) is 20.9. The zero-order chi connectivity index (χ0) is 21.0. The Labute approximate surface area is 174 Å². The Kier molecular flexibility index (Phi) is 7.27. The lowest BCUT2D eigenvalue weighted by atomic mass is 10.1. The van der Waals surface area contributed by atoms with Crippen molar-refractivity contribution in [2.45, 2.75) is 39.8 Å². The molecule has 2 aliphatic heterocycles. The lowest BCUT2D eigenvalue weighted by Crippen LogP contribution is -2.58. The van der Waals surface area contributed by atoms with Gasteiger partial charge in [0.25, 0.3) is 0 Å². The highest BCUT2D eigenvalue weighted by Crippen LogP contribution is 2.18. The lowest BCUT2D eigenvalue weighted by molar-refractivity contribution is -0.141. The minimum Gasteiger partial charge on any atom is -0.378 e. The van der Waals surface area contributed by atoms with Gasteiger partial charge in [-0.1, -0.05) is 17.7 Å². The van der Waals surface area contributed by atoms with Crippen molar-refractivity contribution in [1.82, 2.24) is 14.7 Å². The van der Waals surface area contributed by atoms with E-state index in [2.05, 4.69) is 21.2 Å². The number of hydrogen-bond donors (Lipinski definition) is 1. The smallest absolute Gasteiger partial charge is 0.241 e. The van der Waals surface area contributed by atoms with E-state index < -0.39 is 0 Å². The van der Waals surface area contributed by atoms with Crippen LogP contribution < -0.4 is 5.32 Å². The first-order chi connectivity index (χ1) is 13.9. The largest absolute Gasteiger partial charge is 0.378 e. The molecule has 2 atom stereocenters. The number of nitrogens with zero attached hydrogens (tertiary/aromatic N) is 3. The van der Waals surface area contributed by atoms with Crippen LogP contribution in [0.15, 0.2) is 18.2 Å². The number of amides is 2. The third kappa shape index (κ3) is 5.35. The fourth-order valence-corrected chi connectivity index (χ4v) is 4.07. The van der Waals surface area contributed by atoms with Gasteiger partial charge in [0, 0.05) is 45.0 Å². The molecule has 2 saturated heterocycles. The molecule has 29 heavy (non-hydrogen) atoms. The summed E-state index contributed by atoms with van der Waals surface area (Å²) in [5.41, 5.74) is 3.13. The molecule has 2 aliphatic rings. The number of nitrogens with one attached hydrogen (secondary N) is 1. The summed E-state index contributed by atoms with van der Waals surface area (Å²) in [4.78, 5) is 31.8. The monoisotopic (exact) mass is 402 g/mol. The minimum absolute atomic E-state index is 0.0165. The number of benzene rings is 1. The van der Waals surface area contributed by atoms with Crippen LogP contribution >= 0.6 is 0 Å². The Bertz CT molecular complexity index is 725. The van der Waals surface area contributed by atoms with Gasteiger partial charge in [-0.25, -0.2) is 0 Å². The summed E-state index contributed by atoms with van der Waals surface area (Å²) >= 11 is 0. The van der Waals surface area contributed by atoms with Gasteiger partial charge < -0.3 is 15.0 Å². The molecule has 0 aliphatic carbocycles. The van der Waals surface area contributed by atoms with Gasteiger partial charge in [0.15, 0.2) is 0 Å². The van der Waals surface area contributed by atoms with E-state index in [0.717, 1.165) is 37.4 Å².